The zero-order valence-corrected chi connectivity index (χ0v) is 9.53. The maximum atomic E-state index is 11.4. The average molecular weight is 221 g/mol. The SMILES string of the molecule is CCOC(=O)C(C#N)Cc1ccc(CC)o1. The fourth-order valence-corrected chi connectivity index (χ4v) is 1.35. The highest BCUT2D eigenvalue weighted by atomic mass is 16.5. The molecule has 0 aromatic carbocycles. The molecule has 0 fully saturated rings. The lowest BCUT2D eigenvalue weighted by Gasteiger charge is -2.05. The Kier molecular flexibility index (Phi) is 4.59. The summed E-state index contributed by atoms with van der Waals surface area (Å²) in [5.41, 5.74) is 0. The van der Waals surface area contributed by atoms with Gasteiger partial charge in [-0.25, -0.2) is 0 Å². The largest absolute Gasteiger partial charge is 0.466 e. The first-order chi connectivity index (χ1) is 7.71. The molecule has 16 heavy (non-hydrogen) atoms. The number of carbonyl (C=O) groups excluding carboxylic acids is 1. The predicted molar refractivity (Wildman–Crippen MR) is 57.5 cm³/mol. The second-order valence-corrected chi connectivity index (χ2v) is 3.36. The van der Waals surface area contributed by atoms with Crippen LogP contribution < -0.4 is 0 Å². The van der Waals surface area contributed by atoms with Crippen LogP contribution in [-0.4, -0.2) is 12.6 Å². The van der Waals surface area contributed by atoms with Gasteiger partial charge in [0.05, 0.1) is 12.7 Å². The van der Waals surface area contributed by atoms with Crippen LogP contribution in [0, 0.1) is 17.2 Å². The molecule has 1 rings (SSSR count). The lowest BCUT2D eigenvalue weighted by atomic mass is 10.1. The molecule has 0 radical (unpaired) electrons. The topological polar surface area (TPSA) is 63.2 Å². The van der Waals surface area contributed by atoms with Gasteiger partial charge in [-0.3, -0.25) is 4.79 Å². The molecule has 0 bridgehead atoms. The molecule has 1 aromatic heterocycles. The quantitative estimate of drug-likeness (QED) is 0.714. The highest BCUT2D eigenvalue weighted by molar-refractivity contribution is 5.75. The molecule has 86 valence electrons. The maximum Gasteiger partial charge on any atom is 0.323 e. The number of nitrogens with zero attached hydrogens (tertiary/aromatic N) is 1. The summed E-state index contributed by atoms with van der Waals surface area (Å²) in [7, 11) is 0. The molecule has 0 aliphatic heterocycles. The minimum Gasteiger partial charge on any atom is -0.466 e. The number of carbonyl (C=O) groups is 1. The second-order valence-electron chi connectivity index (χ2n) is 3.36. The molecular formula is C12H15NO3. The summed E-state index contributed by atoms with van der Waals surface area (Å²) in [6.45, 7) is 3.99. The Labute approximate surface area is 94.8 Å². The summed E-state index contributed by atoms with van der Waals surface area (Å²) in [4.78, 5) is 11.4. The summed E-state index contributed by atoms with van der Waals surface area (Å²) < 4.78 is 10.2. The van der Waals surface area contributed by atoms with E-state index in [2.05, 4.69) is 0 Å². The molecule has 0 aliphatic carbocycles. The van der Waals surface area contributed by atoms with Gasteiger partial charge in [-0.1, -0.05) is 6.92 Å². The normalized spacial score (nSPS) is 11.8. The van der Waals surface area contributed by atoms with Crippen LogP contribution in [0.2, 0.25) is 0 Å². The lowest BCUT2D eigenvalue weighted by Crippen LogP contribution is -2.18. The maximum absolute atomic E-state index is 11.4. The van der Waals surface area contributed by atoms with E-state index in [0.29, 0.717) is 5.76 Å². The van der Waals surface area contributed by atoms with Gasteiger partial charge in [0, 0.05) is 12.8 Å². The highest BCUT2D eigenvalue weighted by Crippen LogP contribution is 2.14. The fraction of sp³-hybridized carbons (Fsp3) is 0.500. The molecule has 4 nitrogen and oxygen atoms in total. The second kappa shape index (κ2) is 5.96. The third-order valence-electron chi connectivity index (χ3n) is 2.20. The van der Waals surface area contributed by atoms with E-state index in [4.69, 9.17) is 14.4 Å². The van der Waals surface area contributed by atoms with Gasteiger partial charge < -0.3 is 9.15 Å². The molecule has 0 aliphatic rings. The van der Waals surface area contributed by atoms with Crippen LogP contribution in [0.25, 0.3) is 0 Å². The van der Waals surface area contributed by atoms with Crippen molar-refractivity contribution in [1.82, 2.24) is 0 Å². The summed E-state index contributed by atoms with van der Waals surface area (Å²) in [5, 5.41) is 8.86. The summed E-state index contributed by atoms with van der Waals surface area (Å²) in [6.07, 6.45) is 1.08. The van der Waals surface area contributed by atoms with Crippen molar-refractivity contribution in [2.45, 2.75) is 26.7 Å². The van der Waals surface area contributed by atoms with Crippen LogP contribution in [0.4, 0.5) is 0 Å². The Balaban J connectivity index is 2.63. The van der Waals surface area contributed by atoms with Gasteiger partial charge in [-0.2, -0.15) is 5.26 Å². The van der Waals surface area contributed by atoms with Gasteiger partial charge in [-0.05, 0) is 19.1 Å². The number of hydrogen-bond donors (Lipinski definition) is 0. The first-order valence-corrected chi connectivity index (χ1v) is 5.35. The van der Waals surface area contributed by atoms with Crippen LogP contribution in [0.1, 0.15) is 25.4 Å². The molecule has 0 saturated heterocycles. The van der Waals surface area contributed by atoms with Gasteiger partial charge in [0.25, 0.3) is 0 Å². The van der Waals surface area contributed by atoms with Gasteiger partial charge in [0.15, 0.2) is 5.92 Å². The van der Waals surface area contributed by atoms with E-state index in [9.17, 15) is 4.79 Å². The van der Waals surface area contributed by atoms with Gasteiger partial charge in [0.2, 0.25) is 0 Å². The number of ether oxygens (including phenoxy) is 1. The Morgan fingerprint density at radius 3 is 2.69 bits per heavy atom. The number of rotatable bonds is 5. The van der Waals surface area contributed by atoms with Crippen LogP contribution in [0.15, 0.2) is 16.5 Å². The molecule has 4 heteroatoms. The van der Waals surface area contributed by atoms with E-state index in [-0.39, 0.29) is 13.0 Å². The summed E-state index contributed by atoms with van der Waals surface area (Å²) >= 11 is 0. The smallest absolute Gasteiger partial charge is 0.323 e. The Morgan fingerprint density at radius 2 is 2.19 bits per heavy atom. The molecule has 1 heterocycles. The van der Waals surface area contributed by atoms with Crippen LogP contribution >= 0.6 is 0 Å². The summed E-state index contributed by atoms with van der Waals surface area (Å²) in [6, 6.07) is 5.58. The third-order valence-corrected chi connectivity index (χ3v) is 2.20. The van der Waals surface area contributed by atoms with Crippen LogP contribution in [-0.2, 0) is 22.4 Å². The van der Waals surface area contributed by atoms with Crippen molar-refractivity contribution < 1.29 is 13.9 Å². The Hall–Kier alpha value is -1.76. The van der Waals surface area contributed by atoms with Crippen molar-refractivity contribution >= 4 is 5.97 Å². The zero-order chi connectivity index (χ0) is 12.0. The van der Waals surface area contributed by atoms with E-state index >= 15 is 0 Å². The number of furan rings is 1. The van der Waals surface area contributed by atoms with E-state index in [1.165, 1.54) is 0 Å². The van der Waals surface area contributed by atoms with E-state index in [1.54, 1.807) is 13.0 Å². The van der Waals surface area contributed by atoms with Crippen molar-refractivity contribution in [3.8, 4) is 6.07 Å². The van der Waals surface area contributed by atoms with Gasteiger partial charge >= 0.3 is 5.97 Å². The first kappa shape index (κ1) is 12.3. The molecule has 1 aromatic rings. The molecule has 0 saturated carbocycles. The number of aryl methyl sites for hydroxylation is 1. The molecule has 1 atom stereocenters. The van der Waals surface area contributed by atoms with E-state index in [1.807, 2.05) is 19.1 Å². The van der Waals surface area contributed by atoms with Crippen molar-refractivity contribution in [2.75, 3.05) is 6.61 Å². The van der Waals surface area contributed by atoms with E-state index in [0.717, 1.165) is 12.2 Å². The monoisotopic (exact) mass is 221 g/mol. The van der Waals surface area contributed by atoms with Crippen molar-refractivity contribution in [1.29, 1.82) is 5.26 Å². The van der Waals surface area contributed by atoms with Gasteiger partial charge in [0.1, 0.15) is 11.5 Å². The molecule has 0 amide bonds. The molecule has 1 unspecified atom stereocenters. The zero-order valence-electron chi connectivity index (χ0n) is 9.53. The average Bonchev–Trinajstić information content (AvgIpc) is 2.73. The Morgan fingerprint density at radius 1 is 1.50 bits per heavy atom. The minimum absolute atomic E-state index is 0.273. The Bertz CT molecular complexity index is 389. The van der Waals surface area contributed by atoms with Crippen molar-refractivity contribution in [3.05, 3.63) is 23.7 Å². The van der Waals surface area contributed by atoms with Crippen molar-refractivity contribution in [2.24, 2.45) is 5.92 Å². The first-order valence-electron chi connectivity index (χ1n) is 5.35. The number of hydrogen-bond acceptors (Lipinski definition) is 4. The lowest BCUT2D eigenvalue weighted by molar-refractivity contribution is -0.146. The molecule has 0 N–H and O–H groups in total. The molecule has 0 spiro atoms. The van der Waals surface area contributed by atoms with Gasteiger partial charge in [-0.15, -0.1) is 0 Å². The predicted octanol–water partition coefficient (Wildman–Crippen LogP) is 2.09. The van der Waals surface area contributed by atoms with Crippen LogP contribution in [0.5, 0.6) is 0 Å². The molecular weight excluding hydrogens is 206 g/mol. The number of nitriles is 1. The van der Waals surface area contributed by atoms with Crippen molar-refractivity contribution in [3.63, 3.8) is 0 Å². The fourth-order valence-electron chi connectivity index (χ4n) is 1.35. The minimum atomic E-state index is -0.782. The third kappa shape index (κ3) is 3.13. The van der Waals surface area contributed by atoms with E-state index < -0.39 is 11.9 Å². The standard InChI is InChI=1S/C12H15NO3/c1-3-10-5-6-11(16-10)7-9(8-13)12(14)15-4-2/h5-6,9H,3-4,7H2,1-2H3. The highest BCUT2D eigenvalue weighted by Gasteiger charge is 2.21. The van der Waals surface area contributed by atoms with Crippen LogP contribution in [0.3, 0.4) is 0 Å². The summed E-state index contributed by atoms with van der Waals surface area (Å²) in [5.74, 6) is 0.238. The number of esters is 1.